The van der Waals surface area contributed by atoms with Crippen LogP contribution in [0.15, 0.2) is 0 Å². The van der Waals surface area contributed by atoms with E-state index in [4.69, 9.17) is 86.0 Å². The molecule has 0 bridgehead atoms. The molecular formula is C32H96O20Si12. The fourth-order valence-corrected chi connectivity index (χ4v) is 45.2. The molecule has 0 heterocycles. The summed E-state index contributed by atoms with van der Waals surface area (Å²) >= 11 is 0. The first-order valence-corrected chi connectivity index (χ1v) is 52.0. The van der Waals surface area contributed by atoms with Crippen LogP contribution in [-0.2, 0) is 86.0 Å². The molecule has 0 aliphatic rings. The SMILES string of the molecule is CO[Si](OC)(OC)O[Si](C)(C)C.CO[Si](OC)(OC)O[Si](C)(C)C.CO[Si](OC)(OC)O[Si](C)(C)C.CO[Si](OC)(OC)O[Si](C)(C)O[Si](C)(C)O[Si](C)(C)O[Si](C)(C)O[Si](C)(C)C. The molecule has 0 spiro atoms. The van der Waals surface area contributed by atoms with Gasteiger partial charge >= 0.3 is 70.4 Å². The molecule has 0 aliphatic carbocycles. The highest BCUT2D eigenvalue weighted by Gasteiger charge is 2.53. The Labute approximate surface area is 403 Å². The normalized spacial score (nSPS) is 14.2. The Morgan fingerprint density at radius 3 is 0.406 bits per heavy atom. The van der Waals surface area contributed by atoms with Crippen LogP contribution in [0.2, 0.25) is 131 Å². The molecule has 0 saturated heterocycles. The van der Waals surface area contributed by atoms with Gasteiger partial charge in [-0.3, -0.25) is 0 Å². The molecule has 0 amide bonds. The van der Waals surface area contributed by atoms with Gasteiger partial charge in [0.2, 0.25) is 0 Å². The zero-order chi connectivity index (χ0) is 52.1. The molecule has 392 valence electrons. The summed E-state index contributed by atoms with van der Waals surface area (Å²) in [6, 6.07) is 0. The first-order valence-electron chi connectivity index (χ1n) is 20.6. The van der Waals surface area contributed by atoms with Gasteiger partial charge in [-0.05, 0) is 131 Å². The van der Waals surface area contributed by atoms with Crippen LogP contribution in [-0.4, -0.2) is 189 Å². The van der Waals surface area contributed by atoms with Crippen molar-refractivity contribution in [3.63, 3.8) is 0 Å². The maximum absolute atomic E-state index is 6.48. The van der Waals surface area contributed by atoms with Gasteiger partial charge in [0, 0.05) is 85.3 Å². The largest absolute Gasteiger partial charge is 0.669 e. The highest BCUT2D eigenvalue weighted by Crippen LogP contribution is 2.28. The molecule has 0 radical (unpaired) electrons. The Balaban J connectivity index is -0.000000415. The molecule has 0 atom stereocenters. The first kappa shape index (κ1) is 72.3. The lowest BCUT2D eigenvalue weighted by atomic mass is 11.8. The Kier molecular flexibility index (Phi) is 33.9. The summed E-state index contributed by atoms with van der Waals surface area (Å²) in [7, 11) is -9.87. The summed E-state index contributed by atoms with van der Waals surface area (Å²) in [6.45, 7) is 41.2. The van der Waals surface area contributed by atoms with E-state index in [0.717, 1.165) is 0 Å². The van der Waals surface area contributed by atoms with E-state index in [2.05, 4.69) is 91.7 Å². The van der Waals surface area contributed by atoms with Crippen molar-refractivity contribution in [1.29, 1.82) is 0 Å². The number of hydrogen-bond acceptors (Lipinski definition) is 20. The van der Waals surface area contributed by atoms with Crippen LogP contribution in [0, 0.1) is 0 Å². The van der Waals surface area contributed by atoms with Gasteiger partial charge in [-0.15, -0.1) is 0 Å². The van der Waals surface area contributed by atoms with Crippen LogP contribution >= 0.6 is 0 Å². The fourth-order valence-electron chi connectivity index (χ4n) is 5.52. The highest BCUT2D eigenvalue weighted by atomic mass is 28.5. The van der Waals surface area contributed by atoms with Crippen LogP contribution in [0.1, 0.15) is 0 Å². The second-order valence-corrected chi connectivity index (χ2v) is 62.8. The van der Waals surface area contributed by atoms with E-state index in [9.17, 15) is 0 Å². The molecule has 32 heteroatoms. The fraction of sp³-hybridized carbons (Fsp3) is 1.00. The van der Waals surface area contributed by atoms with Crippen molar-refractivity contribution in [2.45, 2.75) is 131 Å². The Hall–Kier alpha value is 1.80. The van der Waals surface area contributed by atoms with Gasteiger partial charge in [-0.2, -0.15) is 0 Å². The summed E-state index contributed by atoms with van der Waals surface area (Å²) in [5, 5.41) is 0. The lowest BCUT2D eigenvalue weighted by Gasteiger charge is -2.42. The Morgan fingerprint density at radius 1 is 0.156 bits per heavy atom. The van der Waals surface area contributed by atoms with Crippen molar-refractivity contribution < 1.29 is 86.0 Å². The van der Waals surface area contributed by atoms with E-state index in [1.165, 1.54) is 21.3 Å². The highest BCUT2D eigenvalue weighted by molar-refractivity contribution is 6.90. The molecule has 0 unspecified atom stereocenters. The zero-order valence-electron chi connectivity index (χ0n) is 46.2. The topological polar surface area (TPSA) is 185 Å². The van der Waals surface area contributed by atoms with E-state index in [0.29, 0.717) is 0 Å². The van der Waals surface area contributed by atoms with Crippen LogP contribution in [0.25, 0.3) is 0 Å². The van der Waals surface area contributed by atoms with Gasteiger partial charge in [0.15, 0.2) is 33.3 Å². The third-order valence-electron chi connectivity index (χ3n) is 6.69. The van der Waals surface area contributed by atoms with Crippen LogP contribution in [0.4, 0.5) is 0 Å². The van der Waals surface area contributed by atoms with Crippen molar-refractivity contribution in [3.8, 4) is 0 Å². The van der Waals surface area contributed by atoms with Gasteiger partial charge in [0.25, 0.3) is 0 Å². The van der Waals surface area contributed by atoms with Crippen LogP contribution < -0.4 is 0 Å². The van der Waals surface area contributed by atoms with E-state index < -0.39 is 104 Å². The van der Waals surface area contributed by atoms with Gasteiger partial charge in [0.1, 0.15) is 0 Å². The van der Waals surface area contributed by atoms with E-state index in [1.54, 1.807) is 64.0 Å². The van der Waals surface area contributed by atoms with Crippen molar-refractivity contribution in [1.82, 2.24) is 0 Å². The van der Waals surface area contributed by atoms with E-state index >= 15 is 0 Å². The van der Waals surface area contributed by atoms with Crippen molar-refractivity contribution >= 4 is 104 Å². The molecule has 0 rings (SSSR count). The summed E-state index contributed by atoms with van der Waals surface area (Å²) in [5.41, 5.74) is 0. The van der Waals surface area contributed by atoms with E-state index in [1.807, 2.05) is 39.3 Å². The molecule has 0 fully saturated rings. The summed E-state index contributed by atoms with van der Waals surface area (Å²) in [6.07, 6.45) is 0. The lowest BCUT2D eigenvalue weighted by Crippen LogP contribution is -2.61. The third kappa shape index (κ3) is 34.2. The van der Waals surface area contributed by atoms with Crippen LogP contribution in [0.3, 0.4) is 0 Å². The van der Waals surface area contributed by atoms with Gasteiger partial charge in [0.05, 0.1) is 0 Å². The average Bonchev–Trinajstić information content (AvgIpc) is 3.11. The van der Waals surface area contributed by atoms with Gasteiger partial charge < -0.3 is 86.0 Å². The molecule has 0 aromatic rings. The lowest BCUT2D eigenvalue weighted by molar-refractivity contribution is 0.0401. The third-order valence-corrected chi connectivity index (χ3v) is 42.2. The van der Waals surface area contributed by atoms with Crippen LogP contribution in [0.5, 0.6) is 0 Å². The summed E-state index contributed by atoms with van der Waals surface area (Å²) < 4.78 is 111. The molecule has 0 saturated carbocycles. The summed E-state index contributed by atoms with van der Waals surface area (Å²) in [4.78, 5) is 0. The maximum Gasteiger partial charge on any atom is 0.669 e. The summed E-state index contributed by atoms with van der Waals surface area (Å²) in [5.74, 6) is 0. The predicted octanol–water partition coefficient (Wildman–Crippen LogP) is 7.72. The predicted molar refractivity (Wildman–Crippen MR) is 279 cm³/mol. The molecule has 0 aromatic carbocycles. The minimum absolute atomic E-state index is 1.51. The monoisotopic (exact) mass is 1140 g/mol. The maximum atomic E-state index is 6.48. The Bertz CT molecular complexity index is 1110. The number of hydrogen-bond donors (Lipinski definition) is 0. The molecular weight excluding hydrogens is 1040 g/mol. The molecule has 20 nitrogen and oxygen atoms in total. The van der Waals surface area contributed by atoms with Gasteiger partial charge in [-0.25, -0.2) is 0 Å². The minimum Gasteiger partial charge on any atom is -0.437 e. The van der Waals surface area contributed by atoms with Crippen molar-refractivity contribution in [3.05, 3.63) is 0 Å². The van der Waals surface area contributed by atoms with Gasteiger partial charge in [-0.1, -0.05) is 0 Å². The van der Waals surface area contributed by atoms with Crippen molar-refractivity contribution in [2.75, 3.05) is 85.3 Å². The average molecular weight is 1140 g/mol. The second kappa shape index (κ2) is 30.0. The first-order chi connectivity index (χ1) is 28.4. The molecule has 64 heavy (non-hydrogen) atoms. The minimum atomic E-state index is -3.20. The number of rotatable bonds is 28. The standard InChI is InChI=1S/C14H42O8Si6.3C6H18O4Si2/c1-15-28(16-2,17-3)22-27(13,14)21-26(11,12)20-25(9,10)19-24(7,8)18-23(4,5)6;3*1-7-12(8-2,9-3)10-11(4,5)6/h1-14H3;3*1-6H3. The molecule has 0 aromatic heterocycles. The zero-order valence-corrected chi connectivity index (χ0v) is 58.2. The smallest absolute Gasteiger partial charge is 0.437 e. The van der Waals surface area contributed by atoms with Crippen molar-refractivity contribution in [2.24, 2.45) is 0 Å². The molecule has 0 N–H and O–H groups in total. The van der Waals surface area contributed by atoms with E-state index in [-0.39, 0.29) is 0 Å². The Morgan fingerprint density at radius 2 is 0.281 bits per heavy atom. The quantitative estimate of drug-likeness (QED) is 0.0693. The second-order valence-electron chi connectivity index (χ2n) is 19.3. The molecule has 0 aliphatic heterocycles.